The predicted molar refractivity (Wildman–Crippen MR) is 215 cm³/mol. The van der Waals surface area contributed by atoms with Gasteiger partial charge in [0.05, 0.1) is 14.2 Å². The standard InChI is InChI=1S/C43H43Cl2N3O7S/c1-52-37-17-13-29(19-39(37)53-2)38(22-34-35(44)25-47(51)26-36(34)45)55-42(49)40-18-16-33(56-40)23-46-41(28-11-7-4-8-12-28)43(50)54-32-20-30-14-15-31(21-32)48(30)24-27-9-5-3-6-10-27/h3-13,16-19,25-26,30-32,38,41,46H,14-15,20-24H2,1-2H3/t30-,31-,38+,41?/m1/s1. The Labute approximate surface area is 340 Å². The number of fused-ring (bicyclic) bond motifs is 2. The van der Waals surface area contributed by atoms with Gasteiger partial charge in [-0.3, -0.25) is 10.2 Å². The number of hydrogen-bond donors (Lipinski definition) is 1. The molecule has 0 radical (unpaired) electrons. The van der Waals surface area contributed by atoms with Crippen molar-refractivity contribution in [1.82, 2.24) is 10.2 Å². The summed E-state index contributed by atoms with van der Waals surface area (Å²) in [6, 6.07) is 28.9. The normalized spacial score (nSPS) is 18.9. The van der Waals surface area contributed by atoms with E-state index in [1.54, 1.807) is 24.3 Å². The average molecular weight is 817 g/mol. The number of ether oxygens (including phenoxy) is 4. The van der Waals surface area contributed by atoms with Crippen LogP contribution in [0.1, 0.15) is 74.6 Å². The molecular formula is C43H43Cl2N3O7S. The van der Waals surface area contributed by atoms with Crippen molar-refractivity contribution in [3.63, 3.8) is 0 Å². The van der Waals surface area contributed by atoms with E-state index in [4.69, 9.17) is 42.1 Å². The van der Waals surface area contributed by atoms with Crippen LogP contribution in [0.4, 0.5) is 0 Å². The van der Waals surface area contributed by atoms with Crippen molar-refractivity contribution in [3.8, 4) is 11.5 Å². The number of aromatic nitrogens is 1. The summed E-state index contributed by atoms with van der Waals surface area (Å²) < 4.78 is 23.8. The summed E-state index contributed by atoms with van der Waals surface area (Å²) in [5, 5.41) is 15.6. The fourth-order valence-electron chi connectivity index (χ4n) is 7.75. The molecule has 4 heterocycles. The topological polar surface area (TPSA) is 113 Å². The molecule has 2 fully saturated rings. The lowest BCUT2D eigenvalue weighted by Crippen LogP contribution is -2.46. The van der Waals surface area contributed by atoms with Crippen molar-refractivity contribution in [3.05, 3.63) is 151 Å². The molecule has 5 aromatic rings. The van der Waals surface area contributed by atoms with Crippen LogP contribution in [0.5, 0.6) is 11.5 Å². The molecule has 292 valence electrons. The lowest BCUT2D eigenvalue weighted by Gasteiger charge is -2.39. The van der Waals surface area contributed by atoms with Gasteiger partial charge in [-0.25, -0.2) is 9.59 Å². The molecule has 0 aliphatic carbocycles. The minimum Gasteiger partial charge on any atom is -0.619 e. The number of methoxy groups -OCH3 is 2. The zero-order valence-corrected chi connectivity index (χ0v) is 33.4. The Balaban J connectivity index is 1.03. The Bertz CT molecular complexity index is 2100. The van der Waals surface area contributed by atoms with Crippen molar-refractivity contribution in [2.45, 2.75) is 75.5 Å². The van der Waals surface area contributed by atoms with Crippen LogP contribution in [0.15, 0.2) is 103 Å². The van der Waals surface area contributed by atoms with Crippen LogP contribution in [-0.4, -0.2) is 49.2 Å². The third-order valence-corrected chi connectivity index (χ3v) is 12.2. The van der Waals surface area contributed by atoms with E-state index in [1.165, 1.54) is 43.5 Å². The first-order valence-electron chi connectivity index (χ1n) is 18.6. The second kappa shape index (κ2) is 18.1. The van der Waals surface area contributed by atoms with Crippen molar-refractivity contribution < 1.29 is 33.3 Å². The first kappa shape index (κ1) is 39.6. The minimum absolute atomic E-state index is 0.0912. The van der Waals surface area contributed by atoms with Gasteiger partial charge in [0.25, 0.3) is 0 Å². The number of pyridine rings is 1. The lowest BCUT2D eigenvalue weighted by molar-refractivity contribution is -0.605. The predicted octanol–water partition coefficient (Wildman–Crippen LogP) is 8.42. The highest BCUT2D eigenvalue weighted by molar-refractivity contribution is 7.13. The number of nitrogens with one attached hydrogen (secondary N) is 1. The molecule has 2 saturated heterocycles. The third kappa shape index (κ3) is 9.30. The molecule has 13 heteroatoms. The third-order valence-electron chi connectivity index (χ3n) is 10.5. The van der Waals surface area contributed by atoms with Crippen molar-refractivity contribution in [2.75, 3.05) is 14.2 Å². The van der Waals surface area contributed by atoms with E-state index < -0.39 is 18.1 Å². The van der Waals surface area contributed by atoms with Crippen molar-refractivity contribution in [2.24, 2.45) is 0 Å². The van der Waals surface area contributed by atoms with E-state index in [0.29, 0.717) is 50.9 Å². The first-order chi connectivity index (χ1) is 27.2. The first-order valence-corrected chi connectivity index (χ1v) is 20.1. The van der Waals surface area contributed by atoms with Gasteiger partial charge in [0.2, 0.25) is 0 Å². The van der Waals surface area contributed by atoms with Gasteiger partial charge < -0.3 is 24.2 Å². The Hall–Kier alpha value is -4.65. The molecule has 3 aromatic carbocycles. The number of piperidine rings is 1. The monoisotopic (exact) mass is 815 g/mol. The van der Waals surface area contributed by atoms with E-state index in [2.05, 4.69) is 34.5 Å². The number of nitrogens with zero attached hydrogens (tertiary/aromatic N) is 2. The molecule has 0 saturated carbocycles. The van der Waals surface area contributed by atoms with Gasteiger partial charge in [0.15, 0.2) is 23.9 Å². The van der Waals surface area contributed by atoms with Crippen LogP contribution in [0.2, 0.25) is 10.0 Å². The van der Waals surface area contributed by atoms with Crippen LogP contribution in [0.3, 0.4) is 0 Å². The summed E-state index contributed by atoms with van der Waals surface area (Å²) in [5.41, 5.74) is 3.17. The Morgan fingerprint density at radius 1 is 0.875 bits per heavy atom. The molecular weight excluding hydrogens is 773 g/mol. The van der Waals surface area contributed by atoms with Crippen LogP contribution < -0.4 is 19.5 Å². The summed E-state index contributed by atoms with van der Waals surface area (Å²) in [4.78, 5) is 31.4. The number of carbonyl (C=O) groups excluding carboxylic acids is 2. The maximum absolute atomic E-state index is 13.9. The van der Waals surface area contributed by atoms with Gasteiger partial charge in [0, 0.05) is 54.9 Å². The summed E-state index contributed by atoms with van der Waals surface area (Å²) in [7, 11) is 3.05. The highest BCUT2D eigenvalue weighted by atomic mass is 35.5. The maximum atomic E-state index is 13.9. The molecule has 1 N–H and O–H groups in total. The number of rotatable bonds is 15. The zero-order chi connectivity index (χ0) is 39.2. The van der Waals surface area contributed by atoms with Gasteiger partial charge in [-0.1, -0.05) is 89.9 Å². The number of esters is 2. The molecule has 7 rings (SSSR count). The fraction of sp³-hybridized carbons (Fsp3) is 0.326. The Morgan fingerprint density at radius 3 is 2.20 bits per heavy atom. The van der Waals surface area contributed by atoms with E-state index in [-0.39, 0.29) is 28.5 Å². The second-order valence-corrected chi connectivity index (χ2v) is 16.1. The molecule has 2 aliphatic heterocycles. The van der Waals surface area contributed by atoms with Crippen LogP contribution in [-0.2, 0) is 33.8 Å². The summed E-state index contributed by atoms with van der Waals surface area (Å²) >= 11 is 14.1. The summed E-state index contributed by atoms with van der Waals surface area (Å²) in [6.07, 6.45) is 5.36. The molecule has 2 bridgehead atoms. The number of halogens is 2. The SMILES string of the molecule is COc1ccc([C@H](Cc2c(Cl)c[n+]([O-])cc2Cl)OC(=O)c2ccc(CNC(C(=O)OC3C[C@H]4CC[C@H](C3)N4Cc3ccccc3)c3ccccc3)s2)cc1OC. The van der Waals surface area contributed by atoms with E-state index in [0.717, 1.165) is 42.7 Å². The number of hydrogen-bond acceptors (Lipinski definition) is 10. The summed E-state index contributed by atoms with van der Waals surface area (Å²) in [6.45, 7) is 1.23. The molecule has 2 aromatic heterocycles. The Morgan fingerprint density at radius 2 is 1.54 bits per heavy atom. The quantitative estimate of drug-likeness (QED) is 0.0633. The molecule has 1 unspecified atom stereocenters. The maximum Gasteiger partial charge on any atom is 0.348 e. The number of thiophene rings is 1. The molecule has 2 aliphatic rings. The van der Waals surface area contributed by atoms with Gasteiger partial charge >= 0.3 is 11.9 Å². The largest absolute Gasteiger partial charge is 0.619 e. The zero-order valence-electron chi connectivity index (χ0n) is 31.1. The van der Waals surface area contributed by atoms with E-state index >= 15 is 0 Å². The number of benzene rings is 3. The molecule has 0 spiro atoms. The van der Waals surface area contributed by atoms with E-state index in [1.807, 2.05) is 42.5 Å². The van der Waals surface area contributed by atoms with Crippen LogP contribution in [0, 0.1) is 5.21 Å². The number of carbonyl (C=O) groups is 2. The highest BCUT2D eigenvalue weighted by Gasteiger charge is 2.42. The Kier molecular flexibility index (Phi) is 12.8. The van der Waals surface area contributed by atoms with Crippen molar-refractivity contribution in [1.29, 1.82) is 0 Å². The smallest absolute Gasteiger partial charge is 0.348 e. The molecule has 10 nitrogen and oxygen atoms in total. The van der Waals surface area contributed by atoms with Crippen LogP contribution in [0.25, 0.3) is 0 Å². The lowest BCUT2D eigenvalue weighted by atomic mass is 9.98. The second-order valence-electron chi connectivity index (χ2n) is 14.1. The average Bonchev–Trinajstić information content (AvgIpc) is 3.76. The van der Waals surface area contributed by atoms with Gasteiger partial charge in [-0.15, -0.1) is 11.3 Å². The minimum atomic E-state index is -0.846. The molecule has 0 amide bonds. The molecule has 56 heavy (non-hydrogen) atoms. The van der Waals surface area contributed by atoms with E-state index in [9.17, 15) is 14.8 Å². The van der Waals surface area contributed by atoms with Crippen LogP contribution >= 0.6 is 34.5 Å². The fourth-order valence-corrected chi connectivity index (χ4v) is 9.19. The summed E-state index contributed by atoms with van der Waals surface area (Å²) in [5.74, 6) is 0.0848. The highest BCUT2D eigenvalue weighted by Crippen LogP contribution is 2.39. The molecule has 4 atom stereocenters. The van der Waals surface area contributed by atoms with Gasteiger partial charge in [-0.05, 0) is 53.8 Å². The van der Waals surface area contributed by atoms with Gasteiger partial charge in [0.1, 0.15) is 33.2 Å². The van der Waals surface area contributed by atoms with Gasteiger partial charge in [-0.2, -0.15) is 4.73 Å². The van der Waals surface area contributed by atoms with Crippen molar-refractivity contribution >= 4 is 46.5 Å².